The maximum absolute atomic E-state index is 13.9. The third-order valence-corrected chi connectivity index (χ3v) is 7.40. The Bertz CT molecular complexity index is 1590. The highest BCUT2D eigenvalue weighted by Gasteiger charge is 2.23. The Balaban J connectivity index is 1.57. The van der Waals surface area contributed by atoms with Gasteiger partial charge >= 0.3 is 0 Å². The lowest BCUT2D eigenvalue weighted by Crippen LogP contribution is -2.37. The fourth-order valence-corrected chi connectivity index (χ4v) is 5.36. The lowest BCUT2D eigenvalue weighted by atomic mass is 9.99. The number of benzene rings is 3. The number of anilines is 1. The number of aromatic nitrogens is 3. The molecule has 0 N–H and O–H groups in total. The number of nitrogens with zero attached hydrogens (tertiary/aromatic N) is 4. The maximum Gasteiger partial charge on any atom is 0.265 e. The number of fused-ring (bicyclic) bond motifs is 2. The summed E-state index contributed by atoms with van der Waals surface area (Å²) in [5, 5.41) is 1.27. The predicted molar refractivity (Wildman–Crippen MR) is 144 cm³/mol. The van der Waals surface area contributed by atoms with E-state index in [0.29, 0.717) is 22.9 Å². The zero-order valence-corrected chi connectivity index (χ0v) is 20.4. The van der Waals surface area contributed by atoms with Crippen LogP contribution in [0.15, 0.2) is 94.9 Å². The monoisotopic (exact) mass is 476 g/mol. The van der Waals surface area contributed by atoms with Crippen molar-refractivity contribution in [3.05, 3.63) is 106 Å². The second kappa shape index (κ2) is 8.71. The Kier molecular flexibility index (Phi) is 5.38. The van der Waals surface area contributed by atoms with E-state index in [4.69, 9.17) is 9.97 Å². The van der Waals surface area contributed by atoms with Crippen molar-refractivity contribution in [2.24, 2.45) is 0 Å². The molecule has 35 heavy (non-hydrogen) atoms. The van der Waals surface area contributed by atoms with Crippen LogP contribution in [0.25, 0.3) is 33.4 Å². The van der Waals surface area contributed by atoms with Gasteiger partial charge in [-0.05, 0) is 37.6 Å². The molecule has 6 heteroatoms. The van der Waals surface area contributed by atoms with Crippen LogP contribution in [0.1, 0.15) is 11.1 Å². The third-order valence-electron chi connectivity index (χ3n) is 6.38. The number of thioether (sulfide) groups is 1. The summed E-state index contributed by atoms with van der Waals surface area (Å²) >= 11 is 1.57. The molecule has 2 aromatic heterocycles. The van der Waals surface area contributed by atoms with E-state index in [1.165, 1.54) is 11.1 Å². The van der Waals surface area contributed by atoms with E-state index in [1.807, 2.05) is 24.3 Å². The number of rotatable bonds is 3. The van der Waals surface area contributed by atoms with Crippen LogP contribution in [0.5, 0.6) is 0 Å². The number of hydrogen-bond acceptors (Lipinski definition) is 5. The highest BCUT2D eigenvalue weighted by Crippen LogP contribution is 2.33. The highest BCUT2D eigenvalue weighted by atomic mass is 32.2. The average molecular weight is 477 g/mol. The fourth-order valence-electron chi connectivity index (χ4n) is 4.41. The number of hydrogen-bond donors (Lipinski definition) is 0. The summed E-state index contributed by atoms with van der Waals surface area (Å²) in [6, 6.07) is 28.8. The van der Waals surface area contributed by atoms with Gasteiger partial charge in [0.05, 0.1) is 17.0 Å². The van der Waals surface area contributed by atoms with Crippen LogP contribution in [-0.2, 0) is 6.67 Å². The van der Waals surface area contributed by atoms with Crippen molar-refractivity contribution in [3.8, 4) is 22.4 Å². The second-order valence-corrected chi connectivity index (χ2v) is 9.82. The van der Waals surface area contributed by atoms with Crippen LogP contribution in [0, 0.1) is 13.8 Å². The molecule has 0 spiro atoms. The Morgan fingerprint density at radius 1 is 0.800 bits per heavy atom. The molecule has 0 fully saturated rings. The first-order valence-corrected chi connectivity index (χ1v) is 12.6. The van der Waals surface area contributed by atoms with Crippen LogP contribution < -0.4 is 10.5 Å². The largest absolute Gasteiger partial charge is 0.343 e. The molecule has 3 aromatic carbocycles. The third kappa shape index (κ3) is 4.00. The zero-order valence-electron chi connectivity index (χ0n) is 19.6. The van der Waals surface area contributed by atoms with Gasteiger partial charge in [0.1, 0.15) is 6.67 Å². The Labute approximate surface area is 208 Å². The van der Waals surface area contributed by atoms with E-state index in [2.05, 4.69) is 79.4 Å². The summed E-state index contributed by atoms with van der Waals surface area (Å²) in [5.74, 6) is 0.727. The number of pyridine rings is 1. The summed E-state index contributed by atoms with van der Waals surface area (Å²) < 4.78 is 1.77. The molecule has 5 aromatic rings. The molecule has 172 valence electrons. The van der Waals surface area contributed by atoms with Crippen LogP contribution >= 0.6 is 11.8 Å². The summed E-state index contributed by atoms with van der Waals surface area (Å²) in [5.41, 5.74) is 7.56. The van der Waals surface area contributed by atoms with Gasteiger partial charge in [0.25, 0.3) is 5.56 Å². The van der Waals surface area contributed by atoms with Gasteiger partial charge in [-0.2, -0.15) is 0 Å². The minimum absolute atomic E-state index is 0.0586. The van der Waals surface area contributed by atoms with Gasteiger partial charge in [0.15, 0.2) is 10.8 Å². The molecule has 0 unspecified atom stereocenters. The van der Waals surface area contributed by atoms with Crippen molar-refractivity contribution < 1.29 is 0 Å². The molecule has 0 aliphatic carbocycles. The van der Waals surface area contributed by atoms with Gasteiger partial charge in [-0.15, -0.1) is 0 Å². The van der Waals surface area contributed by atoms with Crippen molar-refractivity contribution in [2.75, 3.05) is 10.8 Å². The summed E-state index contributed by atoms with van der Waals surface area (Å²) in [7, 11) is 0. The van der Waals surface area contributed by atoms with E-state index >= 15 is 0 Å². The lowest BCUT2D eigenvalue weighted by molar-refractivity contribution is 0.568. The fraction of sp³-hybridized carbons (Fsp3) is 0.138. The molecule has 0 radical (unpaired) electrons. The van der Waals surface area contributed by atoms with E-state index in [0.717, 1.165) is 33.9 Å². The van der Waals surface area contributed by atoms with Crippen LogP contribution in [-0.4, -0.2) is 20.4 Å². The highest BCUT2D eigenvalue weighted by molar-refractivity contribution is 7.99. The van der Waals surface area contributed by atoms with Gasteiger partial charge in [0, 0.05) is 16.8 Å². The van der Waals surface area contributed by atoms with Crippen LogP contribution in [0.4, 0.5) is 5.69 Å². The van der Waals surface area contributed by atoms with E-state index in [9.17, 15) is 4.79 Å². The Morgan fingerprint density at radius 3 is 2.14 bits per heavy atom. The molecule has 0 saturated heterocycles. The average Bonchev–Trinajstić information content (AvgIpc) is 2.89. The molecule has 0 amide bonds. The molecule has 5 nitrogen and oxygen atoms in total. The van der Waals surface area contributed by atoms with Gasteiger partial charge < -0.3 is 4.90 Å². The van der Waals surface area contributed by atoms with Gasteiger partial charge in [0.2, 0.25) is 0 Å². The van der Waals surface area contributed by atoms with Crippen LogP contribution in [0.2, 0.25) is 0 Å². The predicted octanol–water partition coefficient (Wildman–Crippen LogP) is 6.27. The number of aryl methyl sites for hydroxylation is 2. The standard InChI is InChI=1S/C29H24N4OS/c1-19-8-12-21(13-9-19)24-16-25(22-14-10-20(2)11-15-22)30-27-26(24)28(34)33-17-32(18-35-29(33)31-27)23-6-4-3-5-7-23/h3-16H,17-18H2,1-2H3. The van der Waals surface area contributed by atoms with E-state index in [1.54, 1.807) is 16.3 Å². The van der Waals surface area contributed by atoms with Crippen molar-refractivity contribution in [1.29, 1.82) is 0 Å². The summed E-state index contributed by atoms with van der Waals surface area (Å²) in [6.45, 7) is 4.59. The van der Waals surface area contributed by atoms with Crippen molar-refractivity contribution in [2.45, 2.75) is 25.7 Å². The molecule has 1 aliphatic heterocycles. The summed E-state index contributed by atoms with van der Waals surface area (Å²) in [4.78, 5) is 25.9. The zero-order chi connectivity index (χ0) is 23.9. The maximum atomic E-state index is 13.9. The van der Waals surface area contributed by atoms with E-state index < -0.39 is 0 Å². The van der Waals surface area contributed by atoms with Crippen LogP contribution in [0.3, 0.4) is 0 Å². The first kappa shape index (κ1) is 21.6. The normalized spacial score (nSPS) is 13.1. The first-order chi connectivity index (χ1) is 17.1. The Morgan fingerprint density at radius 2 is 1.46 bits per heavy atom. The van der Waals surface area contributed by atoms with Crippen molar-refractivity contribution >= 4 is 28.5 Å². The topological polar surface area (TPSA) is 51.0 Å². The quantitative estimate of drug-likeness (QED) is 0.287. The molecule has 0 bridgehead atoms. The smallest absolute Gasteiger partial charge is 0.265 e. The van der Waals surface area contributed by atoms with Crippen molar-refractivity contribution in [1.82, 2.24) is 14.5 Å². The molecule has 6 rings (SSSR count). The van der Waals surface area contributed by atoms with Gasteiger partial charge in [-0.25, -0.2) is 9.97 Å². The SMILES string of the molecule is Cc1ccc(-c2cc(-c3ccc(C)cc3)c3c(=O)n4c(nc3n2)SCN(c2ccccc2)C4)cc1. The first-order valence-electron chi connectivity index (χ1n) is 11.6. The molecule has 1 aliphatic rings. The van der Waals surface area contributed by atoms with Gasteiger partial charge in [-0.3, -0.25) is 9.36 Å². The number of para-hydroxylation sites is 1. The lowest BCUT2D eigenvalue weighted by Gasteiger charge is -2.30. The van der Waals surface area contributed by atoms with Crippen molar-refractivity contribution in [3.63, 3.8) is 0 Å². The molecular formula is C29H24N4OS. The summed E-state index contributed by atoms with van der Waals surface area (Å²) in [6.07, 6.45) is 0. The van der Waals surface area contributed by atoms with E-state index in [-0.39, 0.29) is 5.56 Å². The molecule has 3 heterocycles. The molecule has 0 atom stereocenters. The second-order valence-electron chi connectivity index (χ2n) is 8.90. The minimum Gasteiger partial charge on any atom is -0.343 e. The minimum atomic E-state index is -0.0586. The van der Waals surface area contributed by atoms with Gasteiger partial charge in [-0.1, -0.05) is 89.6 Å². The Hall–Kier alpha value is -3.90. The molecule has 0 saturated carbocycles. The molecular weight excluding hydrogens is 452 g/mol.